The molecule has 0 atom stereocenters. The molecule has 98 valence electrons. The number of rotatable bonds is 4. The Balaban J connectivity index is 0.00000162. The summed E-state index contributed by atoms with van der Waals surface area (Å²) in [7, 11) is 0. The summed E-state index contributed by atoms with van der Waals surface area (Å²) in [4.78, 5) is 11.2. The van der Waals surface area contributed by atoms with E-state index >= 15 is 0 Å². The molecule has 0 saturated heterocycles. The summed E-state index contributed by atoms with van der Waals surface area (Å²) in [5.74, 6) is -0.169. The molecular weight excluding hydrogens is 250 g/mol. The number of carbonyl (C=O) groups excluding carboxylic acids is 1. The summed E-state index contributed by atoms with van der Waals surface area (Å²) in [5.41, 5.74) is 7.21. The average molecular weight is 268 g/mol. The van der Waals surface area contributed by atoms with E-state index < -0.39 is 0 Å². The van der Waals surface area contributed by atoms with Gasteiger partial charge in [-0.15, -0.1) is 12.4 Å². The third-order valence-corrected chi connectivity index (χ3v) is 2.71. The van der Waals surface area contributed by atoms with E-state index in [1.807, 2.05) is 18.2 Å². The number of nitrogens with two attached hydrogens (primary N) is 1. The van der Waals surface area contributed by atoms with Crippen molar-refractivity contribution >= 4 is 34.9 Å². The molecular formula is C13H18ClN3O. The molecule has 0 saturated carbocycles. The second-order valence-electron chi connectivity index (χ2n) is 4.04. The summed E-state index contributed by atoms with van der Waals surface area (Å²) in [6.07, 6.45) is 3.16. The highest BCUT2D eigenvalue weighted by Crippen LogP contribution is 2.20. The molecule has 0 aliphatic heterocycles. The van der Waals surface area contributed by atoms with Crippen LogP contribution in [0.25, 0.3) is 10.9 Å². The number of hydrogen-bond acceptors (Lipinski definition) is 2. The first-order valence-electron chi connectivity index (χ1n) is 5.83. The topological polar surface area (TPSA) is 60.0 Å². The molecule has 5 heteroatoms. The molecule has 0 radical (unpaired) electrons. The Labute approximate surface area is 113 Å². The number of carbonyl (C=O) groups is 1. The fourth-order valence-electron chi connectivity index (χ4n) is 1.91. The number of hydrogen-bond donors (Lipinski definition) is 2. The number of fused-ring (bicyclic) bond motifs is 1. The van der Waals surface area contributed by atoms with Crippen LogP contribution in [0.2, 0.25) is 0 Å². The molecule has 2 aromatic rings. The molecule has 0 bridgehead atoms. The van der Waals surface area contributed by atoms with Gasteiger partial charge in [0.15, 0.2) is 0 Å². The van der Waals surface area contributed by atoms with Crippen LogP contribution in [0.3, 0.4) is 0 Å². The third kappa shape index (κ3) is 3.03. The molecule has 0 spiro atoms. The van der Waals surface area contributed by atoms with Gasteiger partial charge in [0.05, 0.1) is 12.1 Å². The van der Waals surface area contributed by atoms with Gasteiger partial charge in [-0.05, 0) is 30.0 Å². The number of halogens is 1. The van der Waals surface area contributed by atoms with Gasteiger partial charge in [-0.1, -0.05) is 13.0 Å². The van der Waals surface area contributed by atoms with Crippen LogP contribution in [0.15, 0.2) is 30.5 Å². The maximum absolute atomic E-state index is 11.2. The van der Waals surface area contributed by atoms with E-state index in [-0.39, 0.29) is 24.9 Å². The first kappa shape index (κ1) is 14.5. The molecule has 0 aliphatic carbocycles. The van der Waals surface area contributed by atoms with Crippen molar-refractivity contribution in [2.24, 2.45) is 5.73 Å². The molecule has 1 aromatic carbocycles. The summed E-state index contributed by atoms with van der Waals surface area (Å²) >= 11 is 0. The highest BCUT2D eigenvalue weighted by Gasteiger charge is 2.03. The lowest BCUT2D eigenvalue weighted by Crippen LogP contribution is -2.21. The van der Waals surface area contributed by atoms with Crippen LogP contribution in [0, 0.1) is 0 Å². The van der Waals surface area contributed by atoms with E-state index in [4.69, 9.17) is 5.73 Å². The Bertz CT molecular complexity index is 536. The normalized spacial score (nSPS) is 10.1. The van der Waals surface area contributed by atoms with Crippen molar-refractivity contribution in [1.29, 1.82) is 0 Å². The van der Waals surface area contributed by atoms with E-state index in [9.17, 15) is 4.79 Å². The number of nitrogens with one attached hydrogen (secondary N) is 1. The summed E-state index contributed by atoms with van der Waals surface area (Å²) in [6, 6.07) is 7.97. The molecule has 2 rings (SSSR count). The zero-order chi connectivity index (χ0) is 12.3. The third-order valence-electron chi connectivity index (χ3n) is 2.71. The standard InChI is InChI=1S/C13H17N3O.ClH/c1-2-6-16-7-5-10-3-4-11(8-12(10)16)15-13(17)9-14;/h3-5,7-8H,2,6,9,14H2,1H3,(H,15,17);1H. The minimum atomic E-state index is -0.169. The maximum atomic E-state index is 11.2. The summed E-state index contributed by atoms with van der Waals surface area (Å²) < 4.78 is 2.19. The van der Waals surface area contributed by atoms with Crippen molar-refractivity contribution in [3.8, 4) is 0 Å². The van der Waals surface area contributed by atoms with Gasteiger partial charge in [0.1, 0.15) is 0 Å². The number of aromatic nitrogens is 1. The Hall–Kier alpha value is -1.52. The number of anilines is 1. The Morgan fingerprint density at radius 1 is 1.39 bits per heavy atom. The number of nitrogens with zero attached hydrogens (tertiary/aromatic N) is 1. The van der Waals surface area contributed by atoms with Gasteiger partial charge in [-0.25, -0.2) is 0 Å². The second-order valence-corrected chi connectivity index (χ2v) is 4.04. The molecule has 1 aromatic heterocycles. The summed E-state index contributed by atoms with van der Waals surface area (Å²) in [5, 5.41) is 3.95. The highest BCUT2D eigenvalue weighted by atomic mass is 35.5. The van der Waals surface area contributed by atoms with Gasteiger partial charge in [0.2, 0.25) is 5.91 Å². The van der Waals surface area contributed by atoms with Crippen molar-refractivity contribution in [3.05, 3.63) is 30.5 Å². The molecule has 0 aliphatic rings. The van der Waals surface area contributed by atoms with Crippen LogP contribution in [0.5, 0.6) is 0 Å². The molecule has 4 nitrogen and oxygen atoms in total. The average Bonchev–Trinajstić information content (AvgIpc) is 2.73. The van der Waals surface area contributed by atoms with E-state index in [2.05, 4.69) is 29.1 Å². The first-order valence-corrected chi connectivity index (χ1v) is 5.83. The lowest BCUT2D eigenvalue weighted by atomic mass is 10.2. The minimum Gasteiger partial charge on any atom is -0.347 e. The van der Waals surface area contributed by atoms with E-state index in [0.29, 0.717) is 0 Å². The van der Waals surface area contributed by atoms with Gasteiger partial charge in [0.25, 0.3) is 0 Å². The minimum absolute atomic E-state index is 0. The maximum Gasteiger partial charge on any atom is 0.238 e. The number of benzene rings is 1. The Morgan fingerprint density at radius 2 is 2.17 bits per heavy atom. The molecule has 3 N–H and O–H groups in total. The van der Waals surface area contributed by atoms with Crippen molar-refractivity contribution in [3.63, 3.8) is 0 Å². The predicted molar refractivity (Wildman–Crippen MR) is 77.2 cm³/mol. The SMILES string of the molecule is CCCn1ccc2ccc(NC(=O)CN)cc21.Cl. The van der Waals surface area contributed by atoms with Crippen LogP contribution in [0.4, 0.5) is 5.69 Å². The van der Waals surface area contributed by atoms with Crippen molar-refractivity contribution in [2.45, 2.75) is 19.9 Å². The van der Waals surface area contributed by atoms with Crippen molar-refractivity contribution in [1.82, 2.24) is 4.57 Å². The van der Waals surface area contributed by atoms with Gasteiger partial charge in [0, 0.05) is 18.4 Å². The van der Waals surface area contributed by atoms with Gasteiger partial charge < -0.3 is 15.6 Å². The zero-order valence-electron chi connectivity index (χ0n) is 10.3. The molecule has 18 heavy (non-hydrogen) atoms. The second kappa shape index (κ2) is 6.42. The van der Waals surface area contributed by atoms with Crippen LogP contribution in [0.1, 0.15) is 13.3 Å². The van der Waals surface area contributed by atoms with E-state index in [1.165, 1.54) is 5.39 Å². The zero-order valence-corrected chi connectivity index (χ0v) is 11.2. The monoisotopic (exact) mass is 267 g/mol. The first-order chi connectivity index (χ1) is 8.24. The molecule has 0 fully saturated rings. The van der Waals surface area contributed by atoms with Crippen molar-refractivity contribution in [2.75, 3.05) is 11.9 Å². The van der Waals surface area contributed by atoms with Gasteiger partial charge in [-0.3, -0.25) is 4.79 Å². The number of amides is 1. The Kier molecular flexibility index (Phi) is 5.19. The van der Waals surface area contributed by atoms with Gasteiger partial charge >= 0.3 is 0 Å². The lowest BCUT2D eigenvalue weighted by Gasteiger charge is -2.06. The van der Waals surface area contributed by atoms with Crippen LogP contribution in [-0.4, -0.2) is 17.0 Å². The fraction of sp³-hybridized carbons (Fsp3) is 0.308. The quantitative estimate of drug-likeness (QED) is 0.893. The largest absolute Gasteiger partial charge is 0.347 e. The van der Waals surface area contributed by atoms with Gasteiger partial charge in [-0.2, -0.15) is 0 Å². The van der Waals surface area contributed by atoms with Crippen LogP contribution < -0.4 is 11.1 Å². The predicted octanol–water partition coefficient (Wildman–Crippen LogP) is 2.37. The molecule has 1 amide bonds. The van der Waals surface area contributed by atoms with E-state index in [1.54, 1.807) is 0 Å². The fourth-order valence-corrected chi connectivity index (χ4v) is 1.91. The Morgan fingerprint density at radius 3 is 2.83 bits per heavy atom. The highest BCUT2D eigenvalue weighted by molar-refractivity contribution is 5.94. The van der Waals surface area contributed by atoms with E-state index in [0.717, 1.165) is 24.2 Å². The van der Waals surface area contributed by atoms with Crippen LogP contribution in [-0.2, 0) is 11.3 Å². The molecule has 0 unspecified atom stereocenters. The van der Waals surface area contributed by atoms with Crippen LogP contribution >= 0.6 is 12.4 Å². The number of aryl methyl sites for hydroxylation is 1. The molecule has 1 heterocycles. The van der Waals surface area contributed by atoms with Crippen molar-refractivity contribution < 1.29 is 4.79 Å². The lowest BCUT2D eigenvalue weighted by molar-refractivity contribution is -0.114. The summed E-state index contributed by atoms with van der Waals surface area (Å²) in [6.45, 7) is 3.14. The smallest absolute Gasteiger partial charge is 0.238 e.